The van der Waals surface area contributed by atoms with Crippen LogP contribution in [0.5, 0.6) is 0 Å². The lowest BCUT2D eigenvalue weighted by molar-refractivity contribution is -0.120. The van der Waals surface area contributed by atoms with Gasteiger partial charge in [-0.15, -0.1) is 0 Å². The predicted octanol–water partition coefficient (Wildman–Crippen LogP) is 3.78. The highest BCUT2D eigenvalue weighted by Crippen LogP contribution is 2.38. The number of aliphatic hydroxyl groups is 1. The molecule has 240 valence electrons. The number of aromatic nitrogens is 2. The smallest absolute Gasteiger partial charge is 0.280 e. The van der Waals surface area contributed by atoms with E-state index in [0.717, 1.165) is 73.3 Å². The predicted molar refractivity (Wildman–Crippen MR) is 174 cm³/mol. The molecule has 1 aromatic carbocycles. The maximum atomic E-state index is 13.7. The second-order valence-corrected chi connectivity index (χ2v) is 14.8. The number of hydrogen-bond donors (Lipinski definition) is 4. The number of pyridine rings is 1. The van der Waals surface area contributed by atoms with E-state index in [0.29, 0.717) is 35.9 Å². The Hall–Kier alpha value is -3.41. The molecule has 3 atom stereocenters. The molecule has 0 spiro atoms. The van der Waals surface area contributed by atoms with E-state index in [1.807, 2.05) is 12.1 Å². The summed E-state index contributed by atoms with van der Waals surface area (Å²) in [6.07, 6.45) is 5.44. The third-order valence-electron chi connectivity index (χ3n) is 9.67. The SMILES string of the molecule is CC(C)(C)[C@H]1CCc2nc3sc(C(=O)N[C@H](CCN4CCC(O)CC4)c4cccc(C(=O)NC5CCNC5=O)c4)nc3cc2C1. The van der Waals surface area contributed by atoms with Crippen molar-refractivity contribution in [2.24, 2.45) is 11.3 Å². The van der Waals surface area contributed by atoms with Crippen molar-refractivity contribution < 1.29 is 19.5 Å². The van der Waals surface area contributed by atoms with Crippen molar-refractivity contribution in [1.29, 1.82) is 0 Å². The van der Waals surface area contributed by atoms with E-state index < -0.39 is 6.04 Å². The summed E-state index contributed by atoms with van der Waals surface area (Å²) in [4.78, 5) is 51.5. The van der Waals surface area contributed by atoms with Gasteiger partial charge in [0.05, 0.1) is 12.1 Å². The van der Waals surface area contributed by atoms with Crippen molar-refractivity contribution >= 4 is 39.4 Å². The van der Waals surface area contributed by atoms with E-state index in [4.69, 9.17) is 9.97 Å². The molecule has 1 unspecified atom stereocenters. The van der Waals surface area contributed by atoms with Gasteiger partial charge in [-0.05, 0) is 85.6 Å². The van der Waals surface area contributed by atoms with Crippen molar-refractivity contribution in [2.75, 3.05) is 26.2 Å². The zero-order valence-electron chi connectivity index (χ0n) is 26.4. The lowest BCUT2D eigenvalue weighted by Crippen LogP contribution is -2.40. The summed E-state index contributed by atoms with van der Waals surface area (Å²) in [5.74, 6) is -0.164. The Morgan fingerprint density at radius 1 is 1.11 bits per heavy atom. The number of carbonyl (C=O) groups excluding carboxylic acids is 3. The molecule has 0 radical (unpaired) electrons. The number of aliphatic hydroxyl groups excluding tert-OH is 1. The molecular formula is C34H44N6O4S. The van der Waals surface area contributed by atoms with Gasteiger partial charge in [-0.3, -0.25) is 14.4 Å². The number of amides is 3. The molecule has 2 aromatic heterocycles. The minimum absolute atomic E-state index is 0.170. The summed E-state index contributed by atoms with van der Waals surface area (Å²) in [6, 6.07) is 8.47. The summed E-state index contributed by atoms with van der Waals surface area (Å²) in [5.41, 5.74) is 4.60. The zero-order valence-corrected chi connectivity index (χ0v) is 27.2. The number of fused-ring (bicyclic) bond motifs is 2. The van der Waals surface area contributed by atoms with Crippen LogP contribution in [-0.2, 0) is 17.6 Å². The third kappa shape index (κ3) is 7.37. The van der Waals surface area contributed by atoms with Crippen molar-refractivity contribution in [3.63, 3.8) is 0 Å². The normalized spacial score (nSPS) is 21.7. The second-order valence-electron chi connectivity index (χ2n) is 13.9. The molecule has 4 heterocycles. The van der Waals surface area contributed by atoms with Gasteiger partial charge in [0.15, 0.2) is 5.01 Å². The molecule has 0 saturated carbocycles. The molecule has 6 rings (SSSR count). The lowest BCUT2D eigenvalue weighted by atomic mass is 9.71. The van der Waals surface area contributed by atoms with Gasteiger partial charge in [0, 0.05) is 37.4 Å². The van der Waals surface area contributed by atoms with E-state index in [1.165, 1.54) is 16.9 Å². The van der Waals surface area contributed by atoms with Crippen molar-refractivity contribution in [3.8, 4) is 0 Å². The van der Waals surface area contributed by atoms with Gasteiger partial charge in [0.25, 0.3) is 11.8 Å². The Kier molecular flexibility index (Phi) is 9.22. The fourth-order valence-electron chi connectivity index (χ4n) is 6.72. The highest BCUT2D eigenvalue weighted by Gasteiger charge is 2.31. The number of carbonyl (C=O) groups is 3. The Balaban J connectivity index is 1.21. The van der Waals surface area contributed by atoms with Gasteiger partial charge in [-0.1, -0.05) is 44.2 Å². The monoisotopic (exact) mass is 632 g/mol. The van der Waals surface area contributed by atoms with Crippen LogP contribution in [0.25, 0.3) is 10.3 Å². The van der Waals surface area contributed by atoms with Crippen LogP contribution < -0.4 is 16.0 Å². The molecule has 0 bridgehead atoms. The number of likely N-dealkylation sites (tertiary alicyclic amines) is 1. The van der Waals surface area contributed by atoms with Crippen LogP contribution in [0.2, 0.25) is 0 Å². The fraction of sp³-hybridized carbons (Fsp3) is 0.559. The zero-order chi connectivity index (χ0) is 31.7. The average molecular weight is 633 g/mol. The minimum atomic E-state index is -0.538. The van der Waals surface area contributed by atoms with E-state index in [2.05, 4.69) is 47.7 Å². The topological polar surface area (TPSA) is 137 Å². The second kappa shape index (κ2) is 13.1. The van der Waals surface area contributed by atoms with Gasteiger partial charge < -0.3 is 26.0 Å². The first-order valence-electron chi connectivity index (χ1n) is 16.2. The summed E-state index contributed by atoms with van der Waals surface area (Å²) in [6.45, 7) is 9.77. The fourth-order valence-corrected chi connectivity index (χ4v) is 7.56. The molecule has 4 N–H and O–H groups in total. The largest absolute Gasteiger partial charge is 0.393 e. The first-order chi connectivity index (χ1) is 21.5. The van der Waals surface area contributed by atoms with Crippen molar-refractivity contribution in [1.82, 2.24) is 30.8 Å². The molecule has 45 heavy (non-hydrogen) atoms. The van der Waals surface area contributed by atoms with Crippen LogP contribution in [0.4, 0.5) is 0 Å². The summed E-state index contributed by atoms with van der Waals surface area (Å²) in [7, 11) is 0. The molecule has 2 fully saturated rings. The average Bonchev–Trinajstić information content (AvgIpc) is 3.63. The quantitative estimate of drug-likeness (QED) is 0.297. The highest BCUT2D eigenvalue weighted by atomic mass is 32.1. The number of thiazole rings is 1. The molecule has 2 aliphatic heterocycles. The molecule has 3 aromatic rings. The van der Waals surface area contributed by atoms with Crippen molar-refractivity contribution in [2.45, 2.75) is 83.9 Å². The number of nitrogens with one attached hydrogen (secondary N) is 3. The first-order valence-corrected chi connectivity index (χ1v) is 17.0. The molecule has 11 heteroatoms. The molecular weight excluding hydrogens is 588 g/mol. The number of nitrogens with zero attached hydrogens (tertiary/aromatic N) is 3. The Labute approximate surface area is 268 Å². The third-order valence-corrected chi connectivity index (χ3v) is 10.6. The summed E-state index contributed by atoms with van der Waals surface area (Å²) < 4.78 is 0. The standard InChI is InChI=1S/C34H44N6O4S/c1-34(2,3)23-7-8-25-22(18-23)19-28-32(38-25)45-33(39-28)31(44)36-26(12-16-40-14-10-24(41)11-15-40)20-5-4-6-21(17-20)29(42)37-27-9-13-35-30(27)43/h4-6,17,19,23-24,26-27,41H,7-16,18H2,1-3H3,(H,35,43)(H,36,44)(H,37,42)/t23-,26+,27?/m0/s1. The summed E-state index contributed by atoms with van der Waals surface area (Å²) in [5, 5.41) is 19.1. The number of piperidine rings is 1. The van der Waals surface area contributed by atoms with E-state index in [1.54, 1.807) is 12.1 Å². The van der Waals surface area contributed by atoms with Gasteiger partial charge in [-0.2, -0.15) is 0 Å². The molecule has 1 aliphatic carbocycles. The number of hydrogen-bond acceptors (Lipinski definition) is 8. The van der Waals surface area contributed by atoms with E-state index >= 15 is 0 Å². The number of benzene rings is 1. The van der Waals surface area contributed by atoms with Gasteiger partial charge in [-0.25, -0.2) is 9.97 Å². The van der Waals surface area contributed by atoms with Crippen LogP contribution in [0.3, 0.4) is 0 Å². The van der Waals surface area contributed by atoms with Crippen LogP contribution in [0, 0.1) is 11.3 Å². The van der Waals surface area contributed by atoms with E-state index in [9.17, 15) is 19.5 Å². The van der Waals surface area contributed by atoms with Crippen molar-refractivity contribution in [3.05, 3.63) is 57.7 Å². The van der Waals surface area contributed by atoms with Crippen LogP contribution in [0.15, 0.2) is 30.3 Å². The molecule has 10 nitrogen and oxygen atoms in total. The van der Waals surface area contributed by atoms with Crippen LogP contribution in [-0.4, -0.2) is 76.0 Å². The maximum Gasteiger partial charge on any atom is 0.280 e. The molecule has 3 amide bonds. The maximum absolute atomic E-state index is 13.7. The highest BCUT2D eigenvalue weighted by molar-refractivity contribution is 7.19. The molecule has 2 saturated heterocycles. The van der Waals surface area contributed by atoms with Crippen LogP contribution >= 0.6 is 11.3 Å². The van der Waals surface area contributed by atoms with Crippen LogP contribution in [0.1, 0.15) is 95.9 Å². The van der Waals surface area contributed by atoms with Gasteiger partial charge >= 0.3 is 0 Å². The van der Waals surface area contributed by atoms with Gasteiger partial charge in [0.2, 0.25) is 5.91 Å². The van der Waals surface area contributed by atoms with E-state index in [-0.39, 0.29) is 35.3 Å². The number of aryl methyl sites for hydroxylation is 1. The van der Waals surface area contributed by atoms with Gasteiger partial charge in [0.1, 0.15) is 16.4 Å². The lowest BCUT2D eigenvalue weighted by Gasteiger charge is -2.34. The Morgan fingerprint density at radius 2 is 1.91 bits per heavy atom. The molecule has 3 aliphatic rings. The Morgan fingerprint density at radius 3 is 2.64 bits per heavy atom. The first kappa shape index (κ1) is 31.6. The number of rotatable bonds is 8. The minimum Gasteiger partial charge on any atom is -0.393 e. The Bertz CT molecular complexity index is 1570. The summed E-state index contributed by atoms with van der Waals surface area (Å²) >= 11 is 1.32.